The van der Waals surface area contributed by atoms with Crippen molar-refractivity contribution < 1.29 is 4.39 Å². The summed E-state index contributed by atoms with van der Waals surface area (Å²) < 4.78 is 13.4. The lowest BCUT2D eigenvalue weighted by molar-refractivity contribution is 0.624. The maximum Gasteiger partial charge on any atom is 0.142 e. The monoisotopic (exact) mass is 303 g/mol. The number of nitrogens with two attached hydrogens (primary N) is 1. The Hall–Kier alpha value is -0.800. The second kappa shape index (κ2) is 5.45. The normalized spacial score (nSPS) is 12.5. The van der Waals surface area contributed by atoms with Crippen molar-refractivity contribution in [2.45, 2.75) is 6.04 Å². The van der Waals surface area contributed by atoms with Crippen molar-refractivity contribution in [1.29, 1.82) is 0 Å². The molecule has 0 fully saturated rings. The number of rotatable bonds is 2. The van der Waals surface area contributed by atoms with Crippen LogP contribution in [-0.4, -0.2) is 0 Å². The highest BCUT2D eigenvalue weighted by Gasteiger charge is 2.15. The Kier molecular flexibility index (Phi) is 4.13. The van der Waals surface area contributed by atoms with Crippen LogP contribution in [0.2, 0.25) is 15.1 Å². The Labute approximate surface area is 119 Å². The summed E-state index contributed by atoms with van der Waals surface area (Å²) in [6.07, 6.45) is 0. The van der Waals surface area contributed by atoms with E-state index in [1.54, 1.807) is 30.3 Å². The summed E-state index contributed by atoms with van der Waals surface area (Å²) in [4.78, 5) is 0. The van der Waals surface area contributed by atoms with Gasteiger partial charge in [0.1, 0.15) is 5.82 Å². The Morgan fingerprint density at radius 2 is 1.72 bits per heavy atom. The topological polar surface area (TPSA) is 26.0 Å². The second-order valence-corrected chi connectivity index (χ2v) is 4.99. The van der Waals surface area contributed by atoms with Gasteiger partial charge in [0.2, 0.25) is 0 Å². The maximum atomic E-state index is 13.4. The lowest BCUT2D eigenvalue weighted by atomic mass is 9.99. The van der Waals surface area contributed by atoms with Crippen molar-refractivity contribution in [3.8, 4) is 0 Å². The van der Waals surface area contributed by atoms with Crippen LogP contribution in [0.5, 0.6) is 0 Å². The van der Waals surface area contributed by atoms with Crippen LogP contribution < -0.4 is 5.73 Å². The van der Waals surface area contributed by atoms with Gasteiger partial charge in [-0.25, -0.2) is 4.39 Å². The molecule has 0 saturated carbocycles. The maximum absolute atomic E-state index is 13.4. The minimum atomic E-state index is -0.553. The first-order chi connectivity index (χ1) is 8.50. The molecule has 0 spiro atoms. The largest absolute Gasteiger partial charge is 0.320 e. The summed E-state index contributed by atoms with van der Waals surface area (Å²) in [7, 11) is 0. The number of benzene rings is 2. The van der Waals surface area contributed by atoms with Crippen molar-refractivity contribution in [2.75, 3.05) is 0 Å². The molecule has 5 heteroatoms. The van der Waals surface area contributed by atoms with Crippen LogP contribution in [0, 0.1) is 5.82 Å². The highest BCUT2D eigenvalue weighted by Crippen LogP contribution is 2.31. The Morgan fingerprint density at radius 3 is 2.39 bits per heavy atom. The third-order valence-electron chi connectivity index (χ3n) is 2.62. The molecule has 0 heterocycles. The fourth-order valence-electron chi connectivity index (χ4n) is 1.65. The molecule has 2 N–H and O–H groups in total. The standard InChI is InChI=1S/C13H9Cl3FN/c14-9-5-4-7(6-10(9)15)13(18)8-2-1-3-11(17)12(8)16/h1-6,13H,18H2. The van der Waals surface area contributed by atoms with Crippen molar-refractivity contribution >= 4 is 34.8 Å². The van der Waals surface area contributed by atoms with Crippen LogP contribution in [0.1, 0.15) is 17.2 Å². The molecule has 0 amide bonds. The van der Waals surface area contributed by atoms with Crippen LogP contribution >= 0.6 is 34.8 Å². The van der Waals surface area contributed by atoms with Gasteiger partial charge < -0.3 is 5.73 Å². The van der Waals surface area contributed by atoms with Crippen LogP contribution in [0.25, 0.3) is 0 Å². The molecule has 0 aliphatic rings. The summed E-state index contributed by atoms with van der Waals surface area (Å²) in [6, 6.07) is 9.00. The molecule has 0 aliphatic heterocycles. The molecule has 1 atom stereocenters. The lowest BCUT2D eigenvalue weighted by Crippen LogP contribution is -2.12. The van der Waals surface area contributed by atoms with E-state index in [0.717, 1.165) is 5.56 Å². The van der Waals surface area contributed by atoms with E-state index in [1.807, 2.05) is 0 Å². The van der Waals surface area contributed by atoms with Crippen molar-refractivity contribution in [3.63, 3.8) is 0 Å². The Bertz CT molecular complexity index is 586. The van der Waals surface area contributed by atoms with Gasteiger partial charge in [0.05, 0.1) is 21.1 Å². The third kappa shape index (κ3) is 2.62. The van der Waals surface area contributed by atoms with Gasteiger partial charge in [-0.1, -0.05) is 53.0 Å². The quantitative estimate of drug-likeness (QED) is 0.844. The zero-order valence-corrected chi connectivity index (χ0v) is 11.4. The average molecular weight is 305 g/mol. The number of hydrogen-bond acceptors (Lipinski definition) is 1. The van der Waals surface area contributed by atoms with Crippen molar-refractivity contribution in [2.24, 2.45) is 5.73 Å². The smallest absolute Gasteiger partial charge is 0.142 e. The SMILES string of the molecule is NC(c1ccc(Cl)c(Cl)c1)c1cccc(F)c1Cl. The first-order valence-corrected chi connectivity index (χ1v) is 6.28. The number of halogens is 4. The van der Waals surface area contributed by atoms with E-state index < -0.39 is 11.9 Å². The Morgan fingerprint density at radius 1 is 1.00 bits per heavy atom. The van der Waals surface area contributed by atoms with E-state index in [4.69, 9.17) is 40.5 Å². The van der Waals surface area contributed by atoms with Crippen LogP contribution in [0.3, 0.4) is 0 Å². The predicted molar refractivity (Wildman–Crippen MR) is 73.9 cm³/mol. The minimum Gasteiger partial charge on any atom is -0.320 e. The van der Waals surface area contributed by atoms with Gasteiger partial charge in [0, 0.05) is 0 Å². The fourth-order valence-corrected chi connectivity index (χ4v) is 2.20. The zero-order valence-electron chi connectivity index (χ0n) is 9.13. The van der Waals surface area contributed by atoms with E-state index in [2.05, 4.69) is 0 Å². The van der Waals surface area contributed by atoms with Gasteiger partial charge in [0.25, 0.3) is 0 Å². The molecule has 1 nitrogen and oxygen atoms in total. The molecule has 0 aliphatic carbocycles. The summed E-state index contributed by atoms with van der Waals surface area (Å²) in [5.41, 5.74) is 7.28. The van der Waals surface area contributed by atoms with E-state index in [1.165, 1.54) is 6.07 Å². The first kappa shape index (κ1) is 13.6. The van der Waals surface area contributed by atoms with E-state index in [-0.39, 0.29) is 5.02 Å². The lowest BCUT2D eigenvalue weighted by Gasteiger charge is -2.15. The summed E-state index contributed by atoms with van der Waals surface area (Å²) in [5, 5.41) is 0.867. The van der Waals surface area contributed by atoms with Crippen LogP contribution in [0.15, 0.2) is 36.4 Å². The van der Waals surface area contributed by atoms with E-state index in [9.17, 15) is 4.39 Å². The summed E-state index contributed by atoms with van der Waals surface area (Å²) in [6.45, 7) is 0. The molecule has 0 radical (unpaired) electrons. The average Bonchev–Trinajstić information content (AvgIpc) is 2.35. The van der Waals surface area contributed by atoms with Gasteiger partial charge in [-0.05, 0) is 29.3 Å². The Balaban J connectivity index is 2.44. The molecule has 0 saturated heterocycles. The molecule has 0 bridgehead atoms. The van der Waals surface area contributed by atoms with Gasteiger partial charge in [-0.2, -0.15) is 0 Å². The second-order valence-electron chi connectivity index (χ2n) is 3.79. The van der Waals surface area contributed by atoms with Crippen molar-refractivity contribution in [3.05, 3.63) is 68.4 Å². The number of hydrogen-bond donors (Lipinski definition) is 1. The summed E-state index contributed by atoms with van der Waals surface area (Å²) >= 11 is 17.6. The van der Waals surface area contributed by atoms with Gasteiger partial charge in [-0.15, -0.1) is 0 Å². The molecule has 2 rings (SSSR count). The predicted octanol–water partition coefficient (Wildman–Crippen LogP) is 4.83. The van der Waals surface area contributed by atoms with Crippen LogP contribution in [-0.2, 0) is 0 Å². The van der Waals surface area contributed by atoms with Crippen LogP contribution in [0.4, 0.5) is 4.39 Å². The zero-order chi connectivity index (χ0) is 13.3. The summed E-state index contributed by atoms with van der Waals surface area (Å²) in [5.74, 6) is -0.496. The first-order valence-electron chi connectivity index (χ1n) is 5.15. The molecule has 94 valence electrons. The van der Waals surface area contributed by atoms with Gasteiger partial charge in [0.15, 0.2) is 0 Å². The molecular weight excluding hydrogens is 296 g/mol. The minimum absolute atomic E-state index is 0.0241. The highest BCUT2D eigenvalue weighted by molar-refractivity contribution is 6.42. The molecule has 2 aromatic rings. The molecule has 2 aromatic carbocycles. The van der Waals surface area contributed by atoms with Gasteiger partial charge in [-0.3, -0.25) is 0 Å². The van der Waals surface area contributed by atoms with Crippen molar-refractivity contribution in [1.82, 2.24) is 0 Å². The van der Waals surface area contributed by atoms with E-state index in [0.29, 0.717) is 15.6 Å². The molecule has 1 unspecified atom stereocenters. The molecule has 0 aromatic heterocycles. The highest BCUT2D eigenvalue weighted by atomic mass is 35.5. The molecular formula is C13H9Cl3FN. The molecule has 18 heavy (non-hydrogen) atoms. The van der Waals surface area contributed by atoms with Gasteiger partial charge >= 0.3 is 0 Å². The fraction of sp³-hybridized carbons (Fsp3) is 0.0769. The van der Waals surface area contributed by atoms with E-state index >= 15 is 0 Å². The third-order valence-corrected chi connectivity index (χ3v) is 3.76.